The Morgan fingerprint density at radius 2 is 1.73 bits per heavy atom. The summed E-state index contributed by atoms with van der Waals surface area (Å²) in [5.74, 6) is -3.16. The number of carbonyl (C=O) groups is 1. The van der Waals surface area contributed by atoms with Gasteiger partial charge in [0.25, 0.3) is 11.8 Å². The Bertz CT molecular complexity index is 1570. The fourth-order valence-electron chi connectivity index (χ4n) is 5.69. The number of aromatic nitrogens is 2. The Morgan fingerprint density at radius 3 is 2.29 bits per heavy atom. The number of rotatable bonds is 4. The SMILES string of the molecule is C=C(F)C(=O)N1CCN(c2nc(OC)nc3c2CCN(c2cccc4cccc(Cl)c24)C3)CC1.CC#N.CN1CCC(F)(F)C1. The van der Waals surface area contributed by atoms with Crippen LogP contribution in [0.4, 0.5) is 24.7 Å². The van der Waals surface area contributed by atoms with Crippen molar-refractivity contribution in [3.63, 3.8) is 0 Å². The maximum Gasteiger partial charge on any atom is 0.318 e. The van der Waals surface area contributed by atoms with E-state index in [1.54, 1.807) is 25.1 Å². The zero-order valence-corrected chi connectivity index (χ0v) is 26.5. The molecule has 9 nitrogen and oxygen atoms in total. The third-order valence-electron chi connectivity index (χ3n) is 7.84. The fraction of sp³-hybridized carbons (Fsp3) is 0.438. The van der Waals surface area contributed by atoms with Crippen LogP contribution in [0, 0.1) is 11.3 Å². The average Bonchev–Trinajstić information content (AvgIpc) is 3.36. The number of fused-ring (bicyclic) bond motifs is 2. The molecule has 4 heterocycles. The summed E-state index contributed by atoms with van der Waals surface area (Å²) in [6.45, 7) is 8.33. The lowest BCUT2D eigenvalue weighted by Gasteiger charge is -2.38. The van der Waals surface area contributed by atoms with E-state index in [4.69, 9.17) is 21.6 Å². The highest BCUT2D eigenvalue weighted by Crippen LogP contribution is 2.37. The van der Waals surface area contributed by atoms with E-state index in [1.807, 2.05) is 18.2 Å². The smallest absolute Gasteiger partial charge is 0.318 e. The molecule has 1 aromatic heterocycles. The van der Waals surface area contributed by atoms with Crippen LogP contribution in [-0.4, -0.2) is 91.6 Å². The molecule has 0 saturated carbocycles. The number of benzene rings is 2. The van der Waals surface area contributed by atoms with Crippen molar-refractivity contribution in [2.24, 2.45) is 0 Å². The molecule has 240 valence electrons. The lowest BCUT2D eigenvalue weighted by Crippen LogP contribution is -2.49. The van der Waals surface area contributed by atoms with Crippen LogP contribution in [0.2, 0.25) is 5.02 Å². The van der Waals surface area contributed by atoms with E-state index >= 15 is 0 Å². The maximum atomic E-state index is 13.3. The Kier molecular flexibility index (Phi) is 11.1. The quantitative estimate of drug-likeness (QED) is 0.346. The van der Waals surface area contributed by atoms with Crippen LogP contribution in [-0.2, 0) is 17.8 Å². The molecule has 0 atom stereocenters. The van der Waals surface area contributed by atoms with Crippen molar-refractivity contribution in [3.05, 3.63) is 65.1 Å². The molecule has 0 N–H and O–H groups in total. The van der Waals surface area contributed by atoms with Gasteiger partial charge in [-0.05, 0) is 31.0 Å². The molecule has 2 fully saturated rings. The van der Waals surface area contributed by atoms with Gasteiger partial charge in [0.2, 0.25) is 0 Å². The number of hydrogen-bond donors (Lipinski definition) is 0. The summed E-state index contributed by atoms with van der Waals surface area (Å²) in [6.07, 6.45) is 0.791. The number of methoxy groups -OCH3 is 1. The number of alkyl halides is 2. The fourth-order valence-corrected chi connectivity index (χ4v) is 5.97. The number of amides is 1. The van der Waals surface area contributed by atoms with Gasteiger partial charge in [0.1, 0.15) is 5.82 Å². The molecular weight excluding hydrogens is 607 g/mol. The zero-order valence-electron chi connectivity index (χ0n) is 25.7. The van der Waals surface area contributed by atoms with E-state index in [2.05, 4.69) is 44.5 Å². The highest BCUT2D eigenvalue weighted by atomic mass is 35.5. The number of carbonyl (C=O) groups excluding carboxylic acids is 1. The van der Waals surface area contributed by atoms with E-state index < -0.39 is 17.7 Å². The van der Waals surface area contributed by atoms with Crippen LogP contribution in [0.1, 0.15) is 24.6 Å². The molecule has 13 heteroatoms. The number of piperazine rings is 1. The van der Waals surface area contributed by atoms with Crippen LogP contribution in [0.5, 0.6) is 6.01 Å². The van der Waals surface area contributed by atoms with Gasteiger partial charge in [-0.2, -0.15) is 15.2 Å². The molecule has 3 aliphatic heterocycles. The first-order valence-corrected chi connectivity index (χ1v) is 15.0. The van der Waals surface area contributed by atoms with E-state index in [1.165, 1.54) is 11.8 Å². The Morgan fingerprint density at radius 1 is 1.07 bits per heavy atom. The van der Waals surface area contributed by atoms with Crippen molar-refractivity contribution < 1.29 is 22.7 Å². The lowest BCUT2D eigenvalue weighted by atomic mass is 10.0. The summed E-state index contributed by atoms with van der Waals surface area (Å²) >= 11 is 6.57. The van der Waals surface area contributed by atoms with Crippen molar-refractivity contribution in [2.75, 3.05) is 69.8 Å². The van der Waals surface area contributed by atoms with Crippen LogP contribution in [0.25, 0.3) is 10.8 Å². The molecule has 0 bridgehead atoms. The first kappa shape index (κ1) is 33.8. The molecular formula is C32H37ClF3N7O2. The molecule has 0 spiro atoms. The molecule has 45 heavy (non-hydrogen) atoms. The van der Waals surface area contributed by atoms with E-state index in [-0.39, 0.29) is 13.0 Å². The molecule has 3 aromatic rings. The second kappa shape index (κ2) is 14.8. The second-order valence-electron chi connectivity index (χ2n) is 11.0. The maximum absolute atomic E-state index is 13.3. The van der Waals surface area contributed by atoms with Crippen molar-refractivity contribution in [1.82, 2.24) is 19.8 Å². The minimum Gasteiger partial charge on any atom is -0.467 e. The van der Waals surface area contributed by atoms with Crippen molar-refractivity contribution in [2.45, 2.75) is 32.2 Å². The van der Waals surface area contributed by atoms with Gasteiger partial charge in [-0.1, -0.05) is 42.4 Å². The van der Waals surface area contributed by atoms with Gasteiger partial charge in [0.15, 0.2) is 5.83 Å². The normalized spacial score (nSPS) is 17.3. The third kappa shape index (κ3) is 8.15. The summed E-state index contributed by atoms with van der Waals surface area (Å²) in [5, 5.41) is 10.2. The zero-order chi connectivity index (χ0) is 32.7. The number of hydrogen-bond acceptors (Lipinski definition) is 8. The van der Waals surface area contributed by atoms with Crippen molar-refractivity contribution in [1.29, 1.82) is 5.26 Å². The Hall–Kier alpha value is -4.08. The Balaban J connectivity index is 0.000000357. The molecule has 1 amide bonds. The average molecular weight is 644 g/mol. The summed E-state index contributed by atoms with van der Waals surface area (Å²) in [7, 11) is 3.26. The predicted molar refractivity (Wildman–Crippen MR) is 170 cm³/mol. The predicted octanol–water partition coefficient (Wildman–Crippen LogP) is 5.47. The van der Waals surface area contributed by atoms with Crippen LogP contribution in [0.15, 0.2) is 48.8 Å². The van der Waals surface area contributed by atoms with Gasteiger partial charge in [-0.15, -0.1) is 0 Å². The number of likely N-dealkylation sites (tertiary alicyclic amines) is 1. The third-order valence-corrected chi connectivity index (χ3v) is 8.15. The minimum absolute atomic E-state index is 0.0312. The van der Waals surface area contributed by atoms with Crippen molar-refractivity contribution in [3.8, 4) is 12.1 Å². The first-order chi connectivity index (χ1) is 21.5. The van der Waals surface area contributed by atoms with E-state index in [0.29, 0.717) is 45.3 Å². The highest BCUT2D eigenvalue weighted by Gasteiger charge is 2.36. The standard InChI is InChI=1S/C25H25ClFN5O2.C5H9F2N.C2H3N/c1-16(27)24(33)31-13-11-30(12-14-31)23-18-9-10-32(15-20(18)28-25(29-23)34-2)21-8-4-6-17-5-3-7-19(26)22(17)21;1-8-3-2-5(6,7)4-8;1-2-3/h3-8H,1,9-15H2,2H3;2-4H2,1H3;1H3. The van der Waals surface area contributed by atoms with E-state index in [0.717, 1.165) is 51.5 Å². The number of nitrogens with zero attached hydrogens (tertiary/aromatic N) is 7. The molecule has 0 aliphatic carbocycles. The van der Waals surface area contributed by atoms with Gasteiger partial charge < -0.3 is 24.3 Å². The summed E-state index contributed by atoms with van der Waals surface area (Å²) < 4.78 is 43.0. The number of nitriles is 1. The molecule has 2 aromatic carbocycles. The highest BCUT2D eigenvalue weighted by molar-refractivity contribution is 6.36. The lowest BCUT2D eigenvalue weighted by molar-refractivity contribution is -0.128. The van der Waals surface area contributed by atoms with E-state index in [9.17, 15) is 18.0 Å². The molecule has 0 radical (unpaired) electrons. The van der Waals surface area contributed by atoms with Crippen molar-refractivity contribution >= 4 is 39.8 Å². The summed E-state index contributed by atoms with van der Waals surface area (Å²) in [4.78, 5) is 28.8. The molecule has 0 unspecified atom stereocenters. The van der Waals surface area contributed by atoms with Gasteiger partial charge in [0.05, 0.1) is 37.0 Å². The van der Waals surface area contributed by atoms with Gasteiger partial charge in [0, 0.05) is 69.3 Å². The Labute approximate surface area is 266 Å². The number of ether oxygens (including phenoxy) is 1. The first-order valence-electron chi connectivity index (χ1n) is 14.6. The number of anilines is 2. The van der Waals surface area contributed by atoms with Gasteiger partial charge >= 0.3 is 6.01 Å². The topological polar surface area (TPSA) is 88.8 Å². The summed E-state index contributed by atoms with van der Waals surface area (Å²) in [5.41, 5.74) is 3.07. The van der Waals surface area contributed by atoms with Crippen LogP contribution in [0.3, 0.4) is 0 Å². The molecule has 2 saturated heterocycles. The van der Waals surface area contributed by atoms with Gasteiger partial charge in [-0.3, -0.25) is 4.79 Å². The number of halogens is 4. The largest absolute Gasteiger partial charge is 0.467 e. The minimum atomic E-state index is -2.41. The molecule has 6 rings (SSSR count). The molecule has 3 aliphatic rings. The van der Waals surface area contributed by atoms with Gasteiger partial charge in [-0.25, -0.2) is 13.2 Å². The van der Waals surface area contributed by atoms with Crippen LogP contribution >= 0.6 is 11.6 Å². The summed E-state index contributed by atoms with van der Waals surface area (Å²) in [6, 6.07) is 14.2. The second-order valence-corrected chi connectivity index (χ2v) is 11.4. The monoisotopic (exact) mass is 643 g/mol. The van der Waals surface area contributed by atoms with Crippen LogP contribution < -0.4 is 14.5 Å².